The maximum absolute atomic E-state index is 13.6. The molecule has 0 unspecified atom stereocenters. The smallest absolute Gasteiger partial charge is 0.225 e. The van der Waals surface area contributed by atoms with E-state index in [1.54, 1.807) is 6.07 Å². The molecule has 0 aromatic heterocycles. The van der Waals surface area contributed by atoms with E-state index in [1.807, 2.05) is 11.9 Å². The summed E-state index contributed by atoms with van der Waals surface area (Å²) in [5.74, 6) is 1.88. The van der Waals surface area contributed by atoms with Gasteiger partial charge in [0.05, 0.1) is 17.1 Å². The van der Waals surface area contributed by atoms with Crippen molar-refractivity contribution in [2.45, 2.75) is 99.8 Å². The molecule has 3 saturated carbocycles. The second kappa shape index (κ2) is 7.36. The number of carbonyl (C=O) groups is 1. The molecule has 2 heterocycles. The minimum absolute atomic E-state index is 0.0799. The Kier molecular flexibility index (Phi) is 4.65. The van der Waals surface area contributed by atoms with Gasteiger partial charge in [0.25, 0.3) is 0 Å². The van der Waals surface area contributed by atoms with Crippen LogP contribution in [-0.2, 0) is 16.6 Å². The minimum atomic E-state index is -0.887. The van der Waals surface area contributed by atoms with Crippen molar-refractivity contribution in [3.63, 3.8) is 0 Å². The van der Waals surface area contributed by atoms with Gasteiger partial charge in [-0.1, -0.05) is 25.3 Å². The molecule has 6 heteroatoms. The van der Waals surface area contributed by atoms with Crippen molar-refractivity contribution >= 4 is 5.91 Å². The highest BCUT2D eigenvalue weighted by Crippen LogP contribution is 2.66. The Morgan fingerprint density at radius 3 is 2.71 bits per heavy atom. The van der Waals surface area contributed by atoms with Crippen molar-refractivity contribution in [2.24, 2.45) is 11.8 Å². The number of phenols is 1. The highest BCUT2D eigenvalue weighted by Gasteiger charge is 2.73. The number of rotatable bonds is 4. The molecule has 2 aliphatic heterocycles. The van der Waals surface area contributed by atoms with Gasteiger partial charge >= 0.3 is 0 Å². The molecule has 1 saturated heterocycles. The summed E-state index contributed by atoms with van der Waals surface area (Å²) in [6.45, 7) is 2.03. The van der Waals surface area contributed by atoms with Crippen molar-refractivity contribution in [2.75, 3.05) is 20.1 Å². The highest BCUT2D eigenvalue weighted by atomic mass is 16.5. The van der Waals surface area contributed by atoms with Gasteiger partial charge in [0.1, 0.15) is 6.10 Å². The van der Waals surface area contributed by atoms with E-state index < -0.39 is 11.0 Å². The van der Waals surface area contributed by atoms with Gasteiger partial charge in [-0.25, -0.2) is 0 Å². The predicted molar refractivity (Wildman–Crippen MR) is 128 cm³/mol. The molecule has 1 aromatic rings. The molecule has 1 amide bonds. The monoisotopic (exact) mass is 466 g/mol. The van der Waals surface area contributed by atoms with Gasteiger partial charge in [-0.05, 0) is 75.5 Å². The zero-order chi connectivity index (χ0) is 23.2. The summed E-state index contributed by atoms with van der Waals surface area (Å²) in [7, 11) is 1.96. The van der Waals surface area contributed by atoms with Gasteiger partial charge in [-0.3, -0.25) is 9.69 Å². The molecule has 5 atom stereocenters. The van der Waals surface area contributed by atoms with E-state index in [1.165, 1.54) is 24.8 Å². The summed E-state index contributed by atoms with van der Waals surface area (Å²) in [6.07, 6.45) is 10.8. The molecule has 7 rings (SSSR count). The molecular formula is C28H38N2O4. The van der Waals surface area contributed by atoms with Crippen molar-refractivity contribution in [3.05, 3.63) is 23.3 Å². The zero-order valence-corrected chi connectivity index (χ0v) is 20.3. The van der Waals surface area contributed by atoms with Gasteiger partial charge in [0, 0.05) is 31.1 Å². The summed E-state index contributed by atoms with van der Waals surface area (Å²) in [5, 5.41) is 23.4. The Hall–Kier alpha value is -1.79. The largest absolute Gasteiger partial charge is 0.504 e. The molecule has 1 aromatic carbocycles. The number of ether oxygens (including phenoxy) is 1. The van der Waals surface area contributed by atoms with Gasteiger partial charge in [0.15, 0.2) is 11.5 Å². The van der Waals surface area contributed by atoms with E-state index in [9.17, 15) is 15.0 Å². The van der Waals surface area contributed by atoms with Crippen LogP contribution in [0, 0.1) is 11.8 Å². The third kappa shape index (κ3) is 2.73. The third-order valence-corrected chi connectivity index (χ3v) is 10.5. The van der Waals surface area contributed by atoms with E-state index in [2.05, 4.69) is 11.0 Å². The fourth-order valence-electron chi connectivity index (χ4n) is 8.65. The summed E-state index contributed by atoms with van der Waals surface area (Å²) < 4.78 is 6.65. The number of hydrogen-bond acceptors (Lipinski definition) is 5. The van der Waals surface area contributed by atoms with Crippen molar-refractivity contribution in [1.82, 2.24) is 9.80 Å². The quantitative estimate of drug-likeness (QED) is 0.712. The fraction of sp³-hybridized carbons (Fsp3) is 0.750. The number of nitrogens with zero attached hydrogens (tertiary/aromatic N) is 2. The number of phenolic OH excluding ortho intramolecular Hbond substituents is 1. The van der Waals surface area contributed by atoms with Crippen molar-refractivity contribution < 1.29 is 19.7 Å². The van der Waals surface area contributed by atoms with Crippen molar-refractivity contribution in [3.8, 4) is 11.5 Å². The molecule has 2 bridgehead atoms. The van der Waals surface area contributed by atoms with E-state index in [4.69, 9.17) is 4.74 Å². The lowest BCUT2D eigenvalue weighted by Crippen LogP contribution is -2.78. The van der Waals surface area contributed by atoms with Gasteiger partial charge < -0.3 is 19.8 Å². The second-order valence-electron chi connectivity index (χ2n) is 12.2. The van der Waals surface area contributed by atoms with E-state index in [-0.39, 0.29) is 35.8 Å². The first-order valence-corrected chi connectivity index (χ1v) is 13.7. The van der Waals surface area contributed by atoms with Crippen LogP contribution >= 0.6 is 0 Å². The Morgan fingerprint density at radius 1 is 1.15 bits per heavy atom. The lowest BCUT2D eigenvalue weighted by atomic mass is 9.48. The molecule has 2 N–H and O–H groups in total. The maximum atomic E-state index is 13.6. The van der Waals surface area contributed by atoms with E-state index >= 15 is 0 Å². The summed E-state index contributed by atoms with van der Waals surface area (Å²) in [6, 6.07) is 3.81. The number of aromatic hydroxyl groups is 1. The minimum Gasteiger partial charge on any atom is -0.504 e. The molecule has 4 fully saturated rings. The van der Waals surface area contributed by atoms with Crippen LogP contribution in [0.3, 0.4) is 0 Å². The SMILES string of the molecule is CN(C(=O)C1CCCCC1)[C@H]1CC[C@@]2(O)[C@@H]3Cc4ccc(O)c5c4[C@@]2(CCN3CC2CC2)[C@H]1O5. The molecular weight excluding hydrogens is 428 g/mol. The van der Waals surface area contributed by atoms with Crippen LogP contribution in [0.15, 0.2) is 12.1 Å². The molecule has 4 aliphatic carbocycles. The van der Waals surface area contributed by atoms with Crippen LogP contribution in [0.2, 0.25) is 0 Å². The number of likely N-dealkylation sites (N-methyl/N-ethyl adjacent to an activating group) is 1. The average molecular weight is 467 g/mol. The first kappa shape index (κ1) is 21.5. The lowest BCUT2D eigenvalue weighted by Gasteiger charge is -2.64. The Morgan fingerprint density at radius 2 is 1.94 bits per heavy atom. The first-order chi connectivity index (χ1) is 16.4. The van der Waals surface area contributed by atoms with Crippen LogP contribution in [0.1, 0.15) is 75.3 Å². The molecule has 6 aliphatic rings. The summed E-state index contributed by atoms with van der Waals surface area (Å²) in [5.41, 5.74) is 0.823. The molecule has 0 radical (unpaired) electrons. The Labute approximate surface area is 202 Å². The van der Waals surface area contributed by atoms with Gasteiger partial charge in [-0.2, -0.15) is 0 Å². The third-order valence-electron chi connectivity index (χ3n) is 10.5. The maximum Gasteiger partial charge on any atom is 0.225 e. The number of likely N-dealkylation sites (tertiary alicyclic amines) is 1. The normalized spacial score (nSPS) is 38.8. The van der Waals surface area contributed by atoms with Crippen LogP contribution in [0.4, 0.5) is 0 Å². The van der Waals surface area contributed by atoms with E-state index in [0.29, 0.717) is 12.2 Å². The summed E-state index contributed by atoms with van der Waals surface area (Å²) in [4.78, 5) is 18.1. The number of piperidine rings is 1. The highest BCUT2D eigenvalue weighted by molar-refractivity contribution is 5.79. The number of benzene rings is 1. The number of aliphatic hydroxyl groups is 1. The molecule has 6 nitrogen and oxygen atoms in total. The molecule has 184 valence electrons. The standard InChI is InChI=1S/C28H38N2O4/c1-29(26(32)18-5-3-2-4-6-18)20-11-12-28(33)22-15-19-9-10-21(31)24-23(19)27(28,25(20)34-24)13-14-30(22)16-17-7-8-17/h9-10,17-18,20,22,25,31,33H,2-8,11-16H2,1H3/t20-,22-,25-,27-,28+/m0/s1. The lowest BCUT2D eigenvalue weighted by molar-refractivity contribution is -0.201. The van der Waals surface area contributed by atoms with Crippen LogP contribution in [0.5, 0.6) is 11.5 Å². The summed E-state index contributed by atoms with van der Waals surface area (Å²) >= 11 is 0. The topological polar surface area (TPSA) is 73.2 Å². The van der Waals surface area contributed by atoms with Crippen LogP contribution in [-0.4, -0.2) is 69.8 Å². The first-order valence-electron chi connectivity index (χ1n) is 13.7. The van der Waals surface area contributed by atoms with Gasteiger partial charge in [-0.15, -0.1) is 0 Å². The number of amides is 1. The zero-order valence-electron chi connectivity index (χ0n) is 20.3. The Bertz CT molecular complexity index is 1020. The fourth-order valence-corrected chi connectivity index (χ4v) is 8.65. The average Bonchev–Trinajstić information content (AvgIpc) is 3.59. The van der Waals surface area contributed by atoms with Gasteiger partial charge in [0.2, 0.25) is 5.91 Å². The predicted octanol–water partition coefficient (Wildman–Crippen LogP) is 3.36. The Balaban J connectivity index is 1.29. The number of hydrogen-bond donors (Lipinski definition) is 2. The van der Waals surface area contributed by atoms with Crippen molar-refractivity contribution in [1.29, 1.82) is 0 Å². The molecule has 34 heavy (non-hydrogen) atoms. The number of carbonyl (C=O) groups excluding carboxylic acids is 1. The van der Waals surface area contributed by atoms with Crippen LogP contribution in [0.25, 0.3) is 0 Å². The van der Waals surface area contributed by atoms with Crippen LogP contribution < -0.4 is 4.74 Å². The molecule has 1 spiro atoms. The van der Waals surface area contributed by atoms with E-state index in [0.717, 1.165) is 69.5 Å². The second-order valence-corrected chi connectivity index (χ2v) is 12.2.